The first-order valence-electron chi connectivity index (χ1n) is 12.8. The molecule has 0 amide bonds. The number of benzene rings is 4. The largest absolute Gasteiger partial charge is 0.489 e. The standard InChI is InChI=1S/C32H32O5/c1-36-32(15-6-3-7-16-32)25-12-8-9-22(17-25)21-37-26-13-14-27-24(18-26)19-28(31(34)35)29(20-33)30(27)23-10-4-2-5-11-23/h2,4-5,8-14,17-19,33H,3,6-7,15-16,20-21H2,1H3,(H,34,35). The number of fused-ring (bicyclic) bond motifs is 1. The summed E-state index contributed by atoms with van der Waals surface area (Å²) in [6.07, 6.45) is 5.67. The molecule has 5 rings (SSSR count). The topological polar surface area (TPSA) is 76.0 Å². The molecule has 4 aromatic carbocycles. The Morgan fingerprint density at radius 1 is 0.919 bits per heavy atom. The predicted octanol–water partition coefficient (Wildman–Crippen LogP) is 7.08. The van der Waals surface area contributed by atoms with Gasteiger partial charge < -0.3 is 19.7 Å². The highest BCUT2D eigenvalue weighted by Crippen LogP contribution is 2.40. The first kappa shape index (κ1) is 25.0. The number of ether oxygens (including phenoxy) is 2. The maximum Gasteiger partial charge on any atom is 0.336 e. The Hall–Kier alpha value is -3.67. The molecule has 5 nitrogen and oxygen atoms in total. The van der Waals surface area contributed by atoms with Gasteiger partial charge in [0.25, 0.3) is 0 Å². The quantitative estimate of drug-likeness (QED) is 0.273. The number of methoxy groups -OCH3 is 1. The van der Waals surface area contributed by atoms with Gasteiger partial charge in [-0.25, -0.2) is 4.79 Å². The van der Waals surface area contributed by atoms with Crippen molar-refractivity contribution in [1.29, 1.82) is 0 Å². The van der Waals surface area contributed by atoms with E-state index in [1.807, 2.05) is 48.5 Å². The summed E-state index contributed by atoms with van der Waals surface area (Å²) in [7, 11) is 1.81. The van der Waals surface area contributed by atoms with Crippen LogP contribution in [0, 0.1) is 0 Å². The Morgan fingerprint density at radius 2 is 1.70 bits per heavy atom. The van der Waals surface area contributed by atoms with Crippen LogP contribution in [-0.4, -0.2) is 23.3 Å². The zero-order valence-electron chi connectivity index (χ0n) is 21.1. The highest BCUT2D eigenvalue weighted by molar-refractivity contribution is 6.05. The van der Waals surface area contributed by atoms with Crippen LogP contribution in [0.2, 0.25) is 0 Å². The van der Waals surface area contributed by atoms with Crippen LogP contribution in [-0.2, 0) is 23.6 Å². The number of carbonyl (C=O) groups is 1. The fraction of sp³-hybridized carbons (Fsp3) is 0.281. The van der Waals surface area contributed by atoms with Crippen molar-refractivity contribution in [2.45, 2.75) is 50.9 Å². The van der Waals surface area contributed by atoms with E-state index in [1.54, 1.807) is 13.2 Å². The lowest BCUT2D eigenvalue weighted by molar-refractivity contribution is -0.0445. The number of hydrogen-bond acceptors (Lipinski definition) is 4. The summed E-state index contributed by atoms with van der Waals surface area (Å²) in [6, 6.07) is 25.3. The van der Waals surface area contributed by atoms with E-state index in [1.165, 1.54) is 24.8 Å². The minimum Gasteiger partial charge on any atom is -0.489 e. The van der Waals surface area contributed by atoms with E-state index in [4.69, 9.17) is 9.47 Å². The van der Waals surface area contributed by atoms with Crippen LogP contribution >= 0.6 is 0 Å². The SMILES string of the molecule is COC1(c2cccc(COc3ccc4c(-c5ccccc5)c(CO)c(C(=O)O)cc4c3)c2)CCCCC1. The van der Waals surface area contributed by atoms with E-state index in [0.29, 0.717) is 17.9 Å². The van der Waals surface area contributed by atoms with Crippen LogP contribution in [0.1, 0.15) is 59.2 Å². The predicted molar refractivity (Wildman–Crippen MR) is 145 cm³/mol. The Kier molecular flexibility index (Phi) is 7.26. The number of carboxylic acid groups (broad SMARTS) is 1. The molecule has 190 valence electrons. The second-order valence-electron chi connectivity index (χ2n) is 9.74. The molecular weight excluding hydrogens is 464 g/mol. The Balaban J connectivity index is 1.47. The van der Waals surface area contributed by atoms with E-state index >= 15 is 0 Å². The van der Waals surface area contributed by atoms with Crippen LogP contribution in [0.3, 0.4) is 0 Å². The van der Waals surface area contributed by atoms with Gasteiger partial charge in [0.1, 0.15) is 12.4 Å². The molecule has 2 N–H and O–H groups in total. The van der Waals surface area contributed by atoms with Crippen LogP contribution in [0.4, 0.5) is 0 Å². The van der Waals surface area contributed by atoms with Crippen LogP contribution < -0.4 is 4.74 Å². The van der Waals surface area contributed by atoms with Crippen molar-refractivity contribution < 1.29 is 24.5 Å². The third-order valence-electron chi connectivity index (χ3n) is 7.58. The molecule has 1 aliphatic carbocycles. The summed E-state index contributed by atoms with van der Waals surface area (Å²) in [5, 5.41) is 21.6. The maximum atomic E-state index is 12.1. The molecule has 0 aromatic heterocycles. The normalized spacial score (nSPS) is 15.0. The van der Waals surface area contributed by atoms with Gasteiger partial charge in [-0.15, -0.1) is 0 Å². The fourth-order valence-electron chi connectivity index (χ4n) is 5.65. The zero-order chi connectivity index (χ0) is 25.8. The average molecular weight is 497 g/mol. The Labute approximate surface area is 217 Å². The lowest BCUT2D eigenvalue weighted by Crippen LogP contribution is -2.31. The van der Waals surface area contributed by atoms with Gasteiger partial charge in [-0.3, -0.25) is 0 Å². The molecule has 0 atom stereocenters. The number of carboxylic acids is 1. The number of rotatable bonds is 8. The van der Waals surface area contributed by atoms with Crippen molar-refractivity contribution in [1.82, 2.24) is 0 Å². The molecule has 1 aliphatic rings. The van der Waals surface area contributed by atoms with Gasteiger partial charge in [0.15, 0.2) is 0 Å². The van der Waals surface area contributed by atoms with Crippen LogP contribution in [0.5, 0.6) is 5.75 Å². The monoisotopic (exact) mass is 496 g/mol. The first-order chi connectivity index (χ1) is 18.0. The molecule has 37 heavy (non-hydrogen) atoms. The number of aliphatic hydroxyl groups is 1. The van der Waals surface area contributed by atoms with Crippen molar-refractivity contribution in [3.05, 3.63) is 101 Å². The molecule has 1 saturated carbocycles. The summed E-state index contributed by atoms with van der Waals surface area (Å²) in [6.45, 7) is 0.0323. The molecule has 1 fully saturated rings. The smallest absolute Gasteiger partial charge is 0.336 e. The molecule has 4 aromatic rings. The summed E-state index contributed by atoms with van der Waals surface area (Å²) in [5.74, 6) is -0.412. The molecular formula is C32H32O5. The molecule has 0 spiro atoms. The summed E-state index contributed by atoms with van der Waals surface area (Å²) in [4.78, 5) is 12.1. The van der Waals surface area contributed by atoms with E-state index in [9.17, 15) is 15.0 Å². The Morgan fingerprint density at radius 3 is 2.41 bits per heavy atom. The molecule has 0 unspecified atom stereocenters. The molecule has 5 heteroatoms. The van der Waals surface area contributed by atoms with Crippen molar-refractivity contribution in [2.24, 2.45) is 0 Å². The van der Waals surface area contributed by atoms with Gasteiger partial charge >= 0.3 is 5.97 Å². The van der Waals surface area contributed by atoms with E-state index in [-0.39, 0.29) is 17.8 Å². The molecule has 0 radical (unpaired) electrons. The summed E-state index contributed by atoms with van der Waals surface area (Å²) >= 11 is 0. The number of aromatic carboxylic acids is 1. The zero-order valence-corrected chi connectivity index (χ0v) is 21.1. The van der Waals surface area contributed by atoms with Crippen LogP contribution in [0.15, 0.2) is 78.9 Å². The average Bonchev–Trinajstić information content (AvgIpc) is 2.95. The first-order valence-corrected chi connectivity index (χ1v) is 12.8. The van der Waals surface area contributed by atoms with E-state index in [2.05, 4.69) is 24.3 Å². The molecule has 0 bridgehead atoms. The number of aliphatic hydroxyl groups excluding tert-OH is 1. The highest BCUT2D eigenvalue weighted by atomic mass is 16.5. The van der Waals surface area contributed by atoms with Crippen molar-refractivity contribution >= 4 is 16.7 Å². The minimum atomic E-state index is -1.07. The van der Waals surface area contributed by atoms with E-state index < -0.39 is 5.97 Å². The second kappa shape index (κ2) is 10.8. The lowest BCUT2D eigenvalue weighted by Gasteiger charge is -2.36. The maximum absolute atomic E-state index is 12.1. The second-order valence-corrected chi connectivity index (χ2v) is 9.74. The lowest BCUT2D eigenvalue weighted by atomic mass is 9.79. The fourth-order valence-corrected chi connectivity index (χ4v) is 5.65. The van der Waals surface area contributed by atoms with Crippen LogP contribution in [0.25, 0.3) is 21.9 Å². The van der Waals surface area contributed by atoms with Gasteiger partial charge in [0, 0.05) is 12.7 Å². The van der Waals surface area contributed by atoms with Gasteiger partial charge in [-0.2, -0.15) is 0 Å². The molecule has 0 saturated heterocycles. The summed E-state index contributed by atoms with van der Waals surface area (Å²) < 4.78 is 12.2. The van der Waals surface area contributed by atoms with Gasteiger partial charge in [-0.1, -0.05) is 73.9 Å². The van der Waals surface area contributed by atoms with E-state index in [0.717, 1.165) is 40.3 Å². The van der Waals surface area contributed by atoms with Gasteiger partial charge in [-0.05, 0) is 70.1 Å². The minimum absolute atomic E-state index is 0.0936. The van der Waals surface area contributed by atoms with Crippen molar-refractivity contribution in [2.75, 3.05) is 7.11 Å². The number of hydrogen-bond donors (Lipinski definition) is 2. The third-order valence-corrected chi connectivity index (χ3v) is 7.58. The summed E-state index contributed by atoms with van der Waals surface area (Å²) in [5.41, 5.74) is 4.13. The Bertz CT molecular complexity index is 1400. The van der Waals surface area contributed by atoms with Gasteiger partial charge in [0.05, 0.1) is 17.8 Å². The highest BCUT2D eigenvalue weighted by Gasteiger charge is 2.33. The van der Waals surface area contributed by atoms with Gasteiger partial charge in [0.2, 0.25) is 0 Å². The van der Waals surface area contributed by atoms with Crippen molar-refractivity contribution in [3.8, 4) is 16.9 Å². The third kappa shape index (κ3) is 4.97. The van der Waals surface area contributed by atoms with Crippen molar-refractivity contribution in [3.63, 3.8) is 0 Å². The molecule has 0 aliphatic heterocycles. The molecule has 0 heterocycles.